The van der Waals surface area contributed by atoms with Crippen LogP contribution in [0.25, 0.3) is 0 Å². The second-order valence-corrected chi connectivity index (χ2v) is 22.5. The van der Waals surface area contributed by atoms with Gasteiger partial charge in [0.1, 0.15) is 24.4 Å². The summed E-state index contributed by atoms with van der Waals surface area (Å²) < 4.78 is 17.6. The number of carbonyl (C=O) groups excluding carboxylic acids is 2. The molecule has 11 nitrogen and oxygen atoms in total. The van der Waals surface area contributed by atoms with Crippen molar-refractivity contribution in [2.24, 2.45) is 0 Å². The Kier molecular flexibility index (Phi) is 51.1. The van der Waals surface area contributed by atoms with Crippen molar-refractivity contribution in [2.75, 3.05) is 13.2 Å². The van der Waals surface area contributed by atoms with Gasteiger partial charge in [-0.1, -0.05) is 294 Å². The monoisotopic (exact) mass is 1090 g/mol. The van der Waals surface area contributed by atoms with Gasteiger partial charge in [0.05, 0.1) is 25.4 Å². The summed E-state index contributed by atoms with van der Waals surface area (Å²) in [5, 5.41) is 57.0. The van der Waals surface area contributed by atoms with Gasteiger partial charge in [-0.3, -0.25) is 9.59 Å². The van der Waals surface area contributed by atoms with Gasteiger partial charge in [-0.15, -0.1) is 0 Å². The predicted octanol–water partition coefficient (Wildman–Crippen LogP) is 15.6. The van der Waals surface area contributed by atoms with E-state index in [4.69, 9.17) is 14.2 Å². The van der Waals surface area contributed by atoms with E-state index >= 15 is 0 Å². The molecule has 1 fully saturated rings. The fourth-order valence-electron chi connectivity index (χ4n) is 10.2. The summed E-state index contributed by atoms with van der Waals surface area (Å²) in [5.74, 6) is -1.20. The quantitative estimate of drug-likeness (QED) is 0.0149. The third-order valence-corrected chi connectivity index (χ3v) is 15.3. The van der Waals surface area contributed by atoms with Gasteiger partial charge in [0.2, 0.25) is 5.91 Å². The molecule has 0 saturated carbocycles. The van der Waals surface area contributed by atoms with Crippen LogP contribution in [0, 0.1) is 0 Å². The summed E-state index contributed by atoms with van der Waals surface area (Å²) in [5.41, 5.74) is 0. The molecule has 0 aromatic heterocycles. The molecule has 0 bridgehead atoms. The summed E-state index contributed by atoms with van der Waals surface area (Å²) in [6, 6.07) is -1.03. The van der Waals surface area contributed by atoms with Crippen molar-refractivity contribution in [3.8, 4) is 0 Å². The molecule has 0 aromatic carbocycles. The maximum absolute atomic E-state index is 13.4. The lowest BCUT2D eigenvalue weighted by Gasteiger charge is -2.41. The van der Waals surface area contributed by atoms with Gasteiger partial charge in [-0.05, 0) is 44.9 Å². The van der Waals surface area contributed by atoms with E-state index in [2.05, 4.69) is 56.5 Å². The Morgan fingerprint density at radius 3 is 1.39 bits per heavy atom. The van der Waals surface area contributed by atoms with Crippen LogP contribution >= 0.6 is 0 Å². The number of rotatable bonds is 55. The van der Waals surface area contributed by atoms with E-state index in [1.165, 1.54) is 167 Å². The molecular formula is C66H121NO10. The third-order valence-electron chi connectivity index (χ3n) is 15.3. The van der Waals surface area contributed by atoms with Gasteiger partial charge in [0, 0.05) is 6.42 Å². The van der Waals surface area contributed by atoms with Crippen molar-refractivity contribution in [1.82, 2.24) is 5.32 Å². The summed E-state index contributed by atoms with van der Waals surface area (Å²) in [4.78, 5) is 26.6. The molecule has 1 heterocycles. The van der Waals surface area contributed by atoms with Crippen molar-refractivity contribution in [3.05, 3.63) is 48.6 Å². The number of amides is 1. The van der Waals surface area contributed by atoms with Gasteiger partial charge < -0.3 is 45.1 Å². The maximum Gasteiger partial charge on any atom is 0.306 e. The zero-order valence-electron chi connectivity index (χ0n) is 49.8. The molecule has 1 aliphatic heterocycles. The van der Waals surface area contributed by atoms with Crippen LogP contribution in [-0.2, 0) is 23.8 Å². The molecular weight excluding hydrogens is 967 g/mol. The van der Waals surface area contributed by atoms with Crippen molar-refractivity contribution in [1.29, 1.82) is 0 Å². The highest BCUT2D eigenvalue weighted by Gasteiger charge is 2.47. The molecule has 8 atom stereocenters. The van der Waals surface area contributed by atoms with E-state index in [1.807, 2.05) is 12.2 Å². The van der Waals surface area contributed by atoms with Gasteiger partial charge in [0.15, 0.2) is 12.4 Å². The molecule has 11 heteroatoms. The van der Waals surface area contributed by atoms with Crippen LogP contribution in [0.4, 0.5) is 0 Å². The summed E-state index contributed by atoms with van der Waals surface area (Å²) in [7, 11) is 0. The number of aliphatic hydroxyl groups is 5. The van der Waals surface area contributed by atoms with E-state index in [-0.39, 0.29) is 19.4 Å². The van der Waals surface area contributed by atoms with E-state index in [0.29, 0.717) is 12.8 Å². The summed E-state index contributed by atoms with van der Waals surface area (Å²) in [6.07, 6.45) is 55.8. The molecule has 77 heavy (non-hydrogen) atoms. The lowest BCUT2D eigenvalue weighted by molar-refractivity contribution is -0.305. The van der Waals surface area contributed by atoms with Crippen molar-refractivity contribution < 1.29 is 49.3 Å². The highest BCUT2D eigenvalue weighted by atomic mass is 16.7. The van der Waals surface area contributed by atoms with E-state index in [1.54, 1.807) is 6.08 Å². The molecule has 0 aliphatic carbocycles. The molecule has 0 spiro atoms. The zero-order valence-corrected chi connectivity index (χ0v) is 49.8. The first kappa shape index (κ1) is 72.6. The second-order valence-electron chi connectivity index (χ2n) is 22.5. The van der Waals surface area contributed by atoms with E-state index < -0.39 is 67.4 Å². The van der Waals surface area contributed by atoms with Crippen molar-refractivity contribution in [2.45, 2.75) is 346 Å². The van der Waals surface area contributed by atoms with E-state index in [9.17, 15) is 35.1 Å². The minimum absolute atomic E-state index is 0.126. The van der Waals surface area contributed by atoms with Gasteiger partial charge >= 0.3 is 5.97 Å². The number of unbranched alkanes of at least 4 members (excludes halogenated alkanes) is 37. The maximum atomic E-state index is 13.4. The fraction of sp³-hybridized carbons (Fsp3) is 0.848. The Morgan fingerprint density at radius 2 is 0.935 bits per heavy atom. The van der Waals surface area contributed by atoms with Crippen LogP contribution in [0.15, 0.2) is 48.6 Å². The number of aliphatic hydroxyl groups excluding tert-OH is 5. The highest BCUT2D eigenvalue weighted by Crippen LogP contribution is 2.26. The Labute approximate surface area is 472 Å². The minimum atomic E-state index is -1.61. The molecule has 8 unspecified atom stereocenters. The van der Waals surface area contributed by atoms with Crippen LogP contribution in [0.3, 0.4) is 0 Å². The standard InChI is InChI=1S/C66H121NO10/c1-4-7-10-13-16-19-22-25-27-28-29-30-31-32-33-36-39-42-45-48-51-54-61(71)77-64-63(73)62(72)60(55-68)76-66(64)75-56-57(58(69)52-49-46-43-40-37-34-24-21-18-15-12-9-6-3)67-65(74)59(70)53-50-47-44-41-38-35-26-23-20-17-14-11-8-5-2/h8,11,14,17,20,23,49,52,57-60,62-64,66,68-70,72-73H,4-7,9-10,12-13,15-16,18-19,21-22,24-48,50-51,53-56H2,1-3H3,(H,67,74)/b11-8+,17-14+,23-20+,52-49+. The predicted molar refractivity (Wildman–Crippen MR) is 320 cm³/mol. The molecule has 1 rings (SSSR count). The van der Waals surface area contributed by atoms with Crippen molar-refractivity contribution in [3.63, 3.8) is 0 Å². The number of ether oxygens (including phenoxy) is 3. The normalized spacial score (nSPS) is 19.3. The number of hydrogen-bond donors (Lipinski definition) is 6. The first-order valence-electron chi connectivity index (χ1n) is 32.4. The molecule has 1 aliphatic rings. The number of nitrogens with one attached hydrogen (secondary N) is 1. The fourth-order valence-corrected chi connectivity index (χ4v) is 10.2. The second kappa shape index (κ2) is 54.2. The number of carbonyl (C=O) groups is 2. The Morgan fingerprint density at radius 1 is 0.519 bits per heavy atom. The SMILES string of the molecule is CC/C=C/C=C/C=C/CCCCCCCCC(O)C(=O)NC(COC1OC(CO)C(O)C(O)C1OC(=O)CCCCCCCCCCCCCCCCCCCCCCC)C(O)/C=C/CCCCCCCCCCCCC. The Hall–Kier alpha value is -2.38. The van der Waals surface area contributed by atoms with Crippen LogP contribution in [0.2, 0.25) is 0 Å². The van der Waals surface area contributed by atoms with Gasteiger partial charge in [-0.2, -0.15) is 0 Å². The van der Waals surface area contributed by atoms with Crippen molar-refractivity contribution >= 4 is 11.9 Å². The first-order valence-corrected chi connectivity index (χ1v) is 32.4. The smallest absolute Gasteiger partial charge is 0.306 e. The van der Waals surface area contributed by atoms with Gasteiger partial charge in [-0.25, -0.2) is 0 Å². The van der Waals surface area contributed by atoms with Gasteiger partial charge in [0.25, 0.3) is 0 Å². The molecule has 0 radical (unpaired) electrons. The Balaban J connectivity index is 2.63. The summed E-state index contributed by atoms with van der Waals surface area (Å²) in [6.45, 7) is 5.68. The van der Waals surface area contributed by atoms with Crippen LogP contribution < -0.4 is 5.32 Å². The summed E-state index contributed by atoms with van der Waals surface area (Å²) >= 11 is 0. The average Bonchev–Trinajstić information content (AvgIpc) is 3.43. The number of allylic oxidation sites excluding steroid dienone is 7. The topological polar surface area (TPSA) is 175 Å². The number of esters is 1. The lowest BCUT2D eigenvalue weighted by atomic mass is 9.99. The molecule has 450 valence electrons. The minimum Gasteiger partial charge on any atom is -0.454 e. The highest BCUT2D eigenvalue weighted by molar-refractivity contribution is 5.80. The molecule has 6 N–H and O–H groups in total. The molecule has 1 saturated heterocycles. The largest absolute Gasteiger partial charge is 0.454 e. The first-order chi connectivity index (χ1) is 37.7. The third kappa shape index (κ3) is 42.2. The molecule has 1 amide bonds. The lowest BCUT2D eigenvalue weighted by Crippen LogP contribution is -2.61. The average molecular weight is 1090 g/mol. The molecule has 0 aromatic rings. The number of hydrogen-bond acceptors (Lipinski definition) is 10. The Bertz CT molecular complexity index is 1440. The van der Waals surface area contributed by atoms with E-state index in [0.717, 1.165) is 83.5 Å². The van der Waals surface area contributed by atoms with Crippen LogP contribution in [0.1, 0.15) is 297 Å². The van der Waals surface area contributed by atoms with Crippen LogP contribution in [-0.4, -0.2) is 99.6 Å². The zero-order chi connectivity index (χ0) is 56.1. The van der Waals surface area contributed by atoms with Crippen LogP contribution in [0.5, 0.6) is 0 Å².